The second-order valence-electron chi connectivity index (χ2n) is 4.63. The highest BCUT2D eigenvalue weighted by Crippen LogP contribution is 2.28. The standard InChI is InChI=1S/C13H14N4O4/c14-17-15-7-10-6-11(21-12(10)16-19)8-20-13(18)9-4-2-1-3-5-9/h1-5,10-12H,6-8H2/t10-,11+,12-/m1/s1. The van der Waals surface area contributed by atoms with Crippen LogP contribution >= 0.6 is 0 Å². The predicted molar refractivity (Wildman–Crippen MR) is 73.3 cm³/mol. The Labute approximate surface area is 120 Å². The van der Waals surface area contributed by atoms with Crippen molar-refractivity contribution in [1.29, 1.82) is 0 Å². The van der Waals surface area contributed by atoms with Crippen LogP contribution in [0.15, 0.2) is 40.6 Å². The van der Waals surface area contributed by atoms with Crippen molar-refractivity contribution in [2.45, 2.75) is 18.8 Å². The van der Waals surface area contributed by atoms with Gasteiger partial charge in [-0.1, -0.05) is 23.3 Å². The molecule has 110 valence electrons. The van der Waals surface area contributed by atoms with E-state index in [4.69, 9.17) is 15.0 Å². The number of azide groups is 1. The topological polar surface area (TPSA) is 114 Å². The van der Waals surface area contributed by atoms with E-state index < -0.39 is 18.3 Å². The normalized spacial score (nSPS) is 24.1. The summed E-state index contributed by atoms with van der Waals surface area (Å²) in [6.07, 6.45) is -0.826. The fraction of sp³-hybridized carbons (Fsp3) is 0.462. The van der Waals surface area contributed by atoms with Crippen molar-refractivity contribution in [3.05, 3.63) is 51.2 Å². The Kier molecular flexibility index (Phi) is 5.25. The molecule has 21 heavy (non-hydrogen) atoms. The first-order valence-electron chi connectivity index (χ1n) is 6.45. The summed E-state index contributed by atoms with van der Waals surface area (Å²) in [6, 6.07) is 8.59. The van der Waals surface area contributed by atoms with Crippen LogP contribution in [0.5, 0.6) is 0 Å². The fourth-order valence-corrected chi connectivity index (χ4v) is 2.17. The maximum Gasteiger partial charge on any atom is 0.338 e. The van der Waals surface area contributed by atoms with Gasteiger partial charge in [0.15, 0.2) is 6.23 Å². The van der Waals surface area contributed by atoms with Crippen molar-refractivity contribution in [3.8, 4) is 0 Å². The summed E-state index contributed by atoms with van der Waals surface area (Å²) >= 11 is 0. The lowest BCUT2D eigenvalue weighted by atomic mass is 10.0. The van der Waals surface area contributed by atoms with E-state index in [1.165, 1.54) is 0 Å². The van der Waals surface area contributed by atoms with Crippen molar-refractivity contribution >= 4 is 5.97 Å². The van der Waals surface area contributed by atoms with Crippen molar-refractivity contribution < 1.29 is 14.3 Å². The quantitative estimate of drug-likeness (QED) is 0.263. The van der Waals surface area contributed by atoms with E-state index in [2.05, 4.69) is 15.2 Å². The minimum atomic E-state index is -0.865. The van der Waals surface area contributed by atoms with Gasteiger partial charge < -0.3 is 9.47 Å². The fourth-order valence-electron chi connectivity index (χ4n) is 2.17. The first-order valence-corrected chi connectivity index (χ1v) is 6.45. The molecule has 0 amide bonds. The highest BCUT2D eigenvalue weighted by molar-refractivity contribution is 5.89. The third-order valence-corrected chi connectivity index (χ3v) is 3.19. The molecule has 0 saturated carbocycles. The van der Waals surface area contributed by atoms with Crippen LogP contribution in [0.4, 0.5) is 0 Å². The molecular weight excluding hydrogens is 276 g/mol. The molecule has 1 aliphatic heterocycles. The number of hydrogen-bond donors (Lipinski definition) is 0. The molecule has 0 spiro atoms. The molecule has 1 aliphatic rings. The third kappa shape index (κ3) is 4.01. The average molecular weight is 290 g/mol. The van der Waals surface area contributed by atoms with Gasteiger partial charge in [-0.3, -0.25) is 0 Å². The first kappa shape index (κ1) is 15.0. The number of nitroso groups, excluding NO2 is 1. The number of esters is 1. The van der Waals surface area contributed by atoms with Crippen LogP contribution in [0, 0.1) is 10.8 Å². The SMILES string of the molecule is [N-]=[N+]=NC[C@H]1C[C@@H](COC(=O)c2ccccc2)O[C@H]1N=O. The van der Waals surface area contributed by atoms with E-state index in [1.807, 2.05) is 0 Å². The lowest BCUT2D eigenvalue weighted by Crippen LogP contribution is -2.19. The Hall–Kier alpha value is -2.44. The Bertz CT molecular complexity index is 544. The Morgan fingerprint density at radius 2 is 2.19 bits per heavy atom. The van der Waals surface area contributed by atoms with E-state index in [0.29, 0.717) is 12.0 Å². The average Bonchev–Trinajstić information content (AvgIpc) is 2.93. The molecule has 0 aliphatic carbocycles. The van der Waals surface area contributed by atoms with Crippen LogP contribution in [0.3, 0.4) is 0 Å². The number of hydrogen-bond acceptors (Lipinski definition) is 6. The van der Waals surface area contributed by atoms with Crippen LogP contribution in [0.2, 0.25) is 0 Å². The molecule has 0 N–H and O–H groups in total. The van der Waals surface area contributed by atoms with Crippen LogP contribution in [0.25, 0.3) is 10.4 Å². The number of ether oxygens (including phenoxy) is 2. The van der Waals surface area contributed by atoms with Gasteiger partial charge in [-0.2, -0.15) is 0 Å². The van der Waals surface area contributed by atoms with Gasteiger partial charge in [0.2, 0.25) is 0 Å². The molecule has 0 aromatic heterocycles. The monoisotopic (exact) mass is 290 g/mol. The van der Waals surface area contributed by atoms with Gasteiger partial charge in [-0.15, -0.1) is 4.91 Å². The van der Waals surface area contributed by atoms with Crippen molar-refractivity contribution in [2.24, 2.45) is 16.2 Å². The number of nitrogens with zero attached hydrogens (tertiary/aromatic N) is 4. The van der Waals surface area contributed by atoms with Gasteiger partial charge >= 0.3 is 5.97 Å². The van der Waals surface area contributed by atoms with Gasteiger partial charge in [0.25, 0.3) is 0 Å². The molecule has 3 atom stereocenters. The zero-order chi connectivity index (χ0) is 15.1. The van der Waals surface area contributed by atoms with Crippen LogP contribution < -0.4 is 0 Å². The number of carbonyl (C=O) groups is 1. The number of carbonyl (C=O) groups excluding carboxylic acids is 1. The lowest BCUT2D eigenvalue weighted by molar-refractivity contribution is -0.00862. The van der Waals surface area contributed by atoms with Gasteiger partial charge in [0.05, 0.1) is 11.7 Å². The van der Waals surface area contributed by atoms with Crippen LogP contribution in [-0.4, -0.2) is 31.5 Å². The summed E-state index contributed by atoms with van der Waals surface area (Å²) in [5, 5.41) is 6.28. The van der Waals surface area contributed by atoms with E-state index >= 15 is 0 Å². The molecule has 8 nitrogen and oxygen atoms in total. The molecule has 2 rings (SSSR count). The van der Waals surface area contributed by atoms with E-state index in [1.54, 1.807) is 30.3 Å². The summed E-state index contributed by atoms with van der Waals surface area (Å²) in [5.41, 5.74) is 8.74. The smallest absolute Gasteiger partial charge is 0.338 e. The summed E-state index contributed by atoms with van der Waals surface area (Å²) < 4.78 is 10.5. The van der Waals surface area contributed by atoms with Gasteiger partial charge in [-0.05, 0) is 29.3 Å². The molecular formula is C13H14N4O4. The predicted octanol–water partition coefficient (Wildman–Crippen LogP) is 2.65. The largest absolute Gasteiger partial charge is 0.459 e. The third-order valence-electron chi connectivity index (χ3n) is 3.19. The highest BCUT2D eigenvalue weighted by Gasteiger charge is 2.36. The molecule has 1 saturated heterocycles. The maximum absolute atomic E-state index is 11.8. The summed E-state index contributed by atoms with van der Waals surface area (Å²) in [7, 11) is 0. The maximum atomic E-state index is 11.8. The van der Waals surface area contributed by atoms with Gasteiger partial charge in [0.1, 0.15) is 6.61 Å². The molecule has 8 heteroatoms. The molecule has 0 unspecified atom stereocenters. The minimum Gasteiger partial charge on any atom is -0.459 e. The van der Waals surface area contributed by atoms with Crippen molar-refractivity contribution in [3.63, 3.8) is 0 Å². The Morgan fingerprint density at radius 1 is 1.43 bits per heavy atom. The van der Waals surface area contributed by atoms with Gasteiger partial charge in [0, 0.05) is 17.4 Å². The lowest BCUT2D eigenvalue weighted by Gasteiger charge is -2.10. The summed E-state index contributed by atoms with van der Waals surface area (Å²) in [5.74, 6) is -0.730. The zero-order valence-corrected chi connectivity index (χ0v) is 11.2. The van der Waals surface area contributed by atoms with E-state index in [9.17, 15) is 9.70 Å². The number of rotatable bonds is 6. The summed E-state index contributed by atoms with van der Waals surface area (Å²) in [4.78, 5) is 25.1. The molecule has 0 bridgehead atoms. The first-order chi connectivity index (χ1) is 10.2. The number of benzene rings is 1. The van der Waals surface area contributed by atoms with Crippen molar-refractivity contribution in [2.75, 3.05) is 13.2 Å². The highest BCUT2D eigenvalue weighted by atomic mass is 16.6. The van der Waals surface area contributed by atoms with Gasteiger partial charge in [-0.25, -0.2) is 4.79 Å². The van der Waals surface area contributed by atoms with E-state index in [-0.39, 0.29) is 19.1 Å². The molecule has 1 fully saturated rings. The second kappa shape index (κ2) is 7.37. The van der Waals surface area contributed by atoms with Crippen molar-refractivity contribution in [1.82, 2.24) is 0 Å². The molecule has 1 aromatic carbocycles. The van der Waals surface area contributed by atoms with Crippen LogP contribution in [0.1, 0.15) is 16.8 Å². The van der Waals surface area contributed by atoms with Crippen LogP contribution in [-0.2, 0) is 9.47 Å². The Morgan fingerprint density at radius 3 is 2.86 bits per heavy atom. The molecule has 0 radical (unpaired) electrons. The Balaban J connectivity index is 1.85. The zero-order valence-electron chi connectivity index (χ0n) is 11.2. The second-order valence-corrected chi connectivity index (χ2v) is 4.63. The molecule has 1 aromatic rings. The molecule has 1 heterocycles. The summed E-state index contributed by atoms with van der Waals surface area (Å²) in [6.45, 7) is 0.169. The van der Waals surface area contributed by atoms with E-state index in [0.717, 1.165) is 0 Å². The minimum absolute atomic E-state index is 0.0342.